The van der Waals surface area contributed by atoms with Crippen LogP contribution in [0, 0.1) is 0 Å². The number of amides is 1. The molecule has 0 saturated carbocycles. The average Bonchev–Trinajstić information content (AvgIpc) is 2.37. The molecule has 0 radical (unpaired) electrons. The van der Waals surface area contributed by atoms with Crippen molar-refractivity contribution in [2.75, 3.05) is 6.54 Å². The van der Waals surface area contributed by atoms with Gasteiger partial charge in [-0.2, -0.15) is 0 Å². The zero-order valence-corrected chi connectivity index (χ0v) is 12.7. The number of ketones is 1. The molecule has 4 nitrogen and oxygen atoms in total. The zero-order valence-electron chi connectivity index (χ0n) is 12.7. The first-order valence-corrected chi connectivity index (χ1v) is 7.54. The molecule has 19 heavy (non-hydrogen) atoms. The number of hydrogen-bond donors (Lipinski definition) is 1. The largest absolute Gasteiger partial charge is 0.352 e. The lowest BCUT2D eigenvalue weighted by Gasteiger charge is -2.38. The first kappa shape index (κ1) is 16.2. The summed E-state index contributed by atoms with van der Waals surface area (Å²) in [5, 5.41) is 3.05. The minimum Gasteiger partial charge on any atom is -0.352 e. The Labute approximate surface area is 116 Å². The van der Waals surface area contributed by atoms with Crippen LogP contribution in [0.1, 0.15) is 59.8 Å². The Kier molecular flexibility index (Phi) is 6.49. The van der Waals surface area contributed by atoms with Crippen LogP contribution in [-0.4, -0.2) is 41.3 Å². The highest BCUT2D eigenvalue weighted by atomic mass is 16.2. The normalized spacial score (nSPS) is 23.7. The molecule has 0 aliphatic carbocycles. The Balaban J connectivity index is 2.60. The van der Waals surface area contributed by atoms with Crippen molar-refractivity contribution in [2.45, 2.75) is 77.9 Å². The predicted molar refractivity (Wildman–Crippen MR) is 77.0 cm³/mol. The minimum atomic E-state index is -0.214. The summed E-state index contributed by atoms with van der Waals surface area (Å²) < 4.78 is 0. The second-order valence-electron chi connectivity index (χ2n) is 5.73. The van der Waals surface area contributed by atoms with Gasteiger partial charge in [-0.15, -0.1) is 0 Å². The van der Waals surface area contributed by atoms with Gasteiger partial charge in [-0.25, -0.2) is 0 Å². The number of Topliss-reactive ketones (excluding diaryl/α,β-unsaturated/α-hetero) is 1. The summed E-state index contributed by atoms with van der Waals surface area (Å²) in [5.41, 5.74) is 0. The molecule has 0 aromatic carbocycles. The number of nitrogens with one attached hydrogen (secondary N) is 1. The molecule has 1 amide bonds. The predicted octanol–water partition coefficient (Wildman–Crippen LogP) is 2.12. The molecule has 0 aromatic rings. The Morgan fingerprint density at radius 1 is 1.32 bits per heavy atom. The van der Waals surface area contributed by atoms with Crippen LogP contribution in [0.4, 0.5) is 0 Å². The summed E-state index contributed by atoms with van der Waals surface area (Å²) in [7, 11) is 0. The van der Waals surface area contributed by atoms with E-state index in [2.05, 4.69) is 17.1 Å². The molecule has 1 fully saturated rings. The van der Waals surface area contributed by atoms with Crippen molar-refractivity contribution in [2.24, 2.45) is 0 Å². The van der Waals surface area contributed by atoms with E-state index in [1.54, 1.807) is 6.92 Å². The van der Waals surface area contributed by atoms with Crippen LogP contribution in [0.15, 0.2) is 0 Å². The Morgan fingerprint density at radius 2 is 2.00 bits per heavy atom. The molecule has 3 atom stereocenters. The van der Waals surface area contributed by atoms with Crippen LogP contribution in [-0.2, 0) is 9.59 Å². The monoisotopic (exact) mass is 268 g/mol. The lowest BCUT2D eigenvalue weighted by molar-refractivity contribution is -0.131. The number of carbonyl (C=O) groups excluding carboxylic acids is 2. The van der Waals surface area contributed by atoms with Gasteiger partial charge in [-0.1, -0.05) is 19.8 Å². The Bertz CT molecular complexity index is 317. The average molecular weight is 268 g/mol. The quantitative estimate of drug-likeness (QED) is 0.803. The second-order valence-corrected chi connectivity index (χ2v) is 5.73. The molecule has 0 bridgehead atoms. The van der Waals surface area contributed by atoms with E-state index in [-0.39, 0.29) is 29.8 Å². The van der Waals surface area contributed by atoms with E-state index in [0.717, 1.165) is 38.6 Å². The van der Waals surface area contributed by atoms with E-state index in [1.807, 2.05) is 13.8 Å². The van der Waals surface area contributed by atoms with Crippen molar-refractivity contribution in [1.29, 1.82) is 0 Å². The molecular weight excluding hydrogens is 240 g/mol. The van der Waals surface area contributed by atoms with Crippen molar-refractivity contribution >= 4 is 11.7 Å². The fourth-order valence-electron chi connectivity index (χ4n) is 2.87. The maximum Gasteiger partial charge on any atom is 0.237 e. The molecule has 4 heteroatoms. The molecule has 0 aromatic heterocycles. The fraction of sp³-hybridized carbons (Fsp3) is 0.867. The first-order chi connectivity index (χ1) is 8.97. The molecule has 1 aliphatic rings. The molecule has 1 rings (SSSR count). The zero-order chi connectivity index (χ0) is 14.4. The van der Waals surface area contributed by atoms with E-state index in [1.165, 1.54) is 0 Å². The molecule has 0 spiro atoms. The number of hydrogen-bond acceptors (Lipinski definition) is 3. The molecule has 1 saturated heterocycles. The summed E-state index contributed by atoms with van der Waals surface area (Å²) in [6.07, 6.45) is 5.11. The number of rotatable bonds is 6. The third kappa shape index (κ3) is 4.60. The molecule has 1 N–H and O–H groups in total. The molecule has 110 valence electrons. The van der Waals surface area contributed by atoms with Crippen molar-refractivity contribution in [3.8, 4) is 0 Å². The van der Waals surface area contributed by atoms with Gasteiger partial charge in [-0.05, 0) is 46.6 Å². The highest BCUT2D eigenvalue weighted by molar-refractivity contribution is 5.85. The molecule has 3 unspecified atom stereocenters. The van der Waals surface area contributed by atoms with E-state index in [9.17, 15) is 9.59 Å². The first-order valence-electron chi connectivity index (χ1n) is 7.54. The van der Waals surface area contributed by atoms with Crippen molar-refractivity contribution in [1.82, 2.24) is 10.2 Å². The van der Waals surface area contributed by atoms with Gasteiger partial charge in [0.15, 0.2) is 0 Å². The van der Waals surface area contributed by atoms with E-state index < -0.39 is 0 Å². The standard InChI is InChI=1S/C15H28N2O2/c1-5-8-11(2)16-15(19)12(3)17-10-7-6-9-14(17)13(4)18/h11-12,14H,5-10H2,1-4H3,(H,16,19). The van der Waals surface area contributed by atoms with Gasteiger partial charge >= 0.3 is 0 Å². The second kappa shape index (κ2) is 7.63. The van der Waals surface area contributed by atoms with Crippen LogP contribution in [0.2, 0.25) is 0 Å². The fourth-order valence-corrected chi connectivity index (χ4v) is 2.87. The van der Waals surface area contributed by atoms with Gasteiger partial charge < -0.3 is 5.32 Å². The van der Waals surface area contributed by atoms with E-state index in [4.69, 9.17) is 0 Å². The summed E-state index contributed by atoms with van der Waals surface area (Å²) in [6, 6.07) is -0.0787. The smallest absolute Gasteiger partial charge is 0.237 e. The van der Waals surface area contributed by atoms with Crippen LogP contribution >= 0.6 is 0 Å². The number of piperidine rings is 1. The number of likely N-dealkylation sites (tertiary alicyclic amines) is 1. The van der Waals surface area contributed by atoms with Gasteiger partial charge in [0.1, 0.15) is 5.78 Å². The van der Waals surface area contributed by atoms with Crippen LogP contribution in [0.25, 0.3) is 0 Å². The van der Waals surface area contributed by atoms with Gasteiger partial charge in [-0.3, -0.25) is 14.5 Å². The molecular formula is C15H28N2O2. The molecule has 1 aliphatic heterocycles. The third-order valence-electron chi connectivity index (χ3n) is 4.00. The van der Waals surface area contributed by atoms with Gasteiger partial charge in [0, 0.05) is 6.04 Å². The highest BCUT2D eigenvalue weighted by Gasteiger charge is 2.32. The summed E-state index contributed by atoms with van der Waals surface area (Å²) in [6.45, 7) is 8.54. The van der Waals surface area contributed by atoms with Gasteiger partial charge in [0.2, 0.25) is 5.91 Å². The van der Waals surface area contributed by atoms with Crippen LogP contribution in [0.3, 0.4) is 0 Å². The number of nitrogens with zero attached hydrogens (tertiary/aromatic N) is 1. The maximum atomic E-state index is 12.2. The van der Waals surface area contributed by atoms with Crippen LogP contribution in [0.5, 0.6) is 0 Å². The lowest BCUT2D eigenvalue weighted by atomic mass is 9.97. The van der Waals surface area contributed by atoms with Crippen molar-refractivity contribution in [3.63, 3.8) is 0 Å². The summed E-state index contributed by atoms with van der Waals surface area (Å²) >= 11 is 0. The van der Waals surface area contributed by atoms with E-state index >= 15 is 0 Å². The van der Waals surface area contributed by atoms with Crippen LogP contribution < -0.4 is 5.32 Å². The SMILES string of the molecule is CCCC(C)NC(=O)C(C)N1CCCCC1C(C)=O. The van der Waals surface area contributed by atoms with Gasteiger partial charge in [0.25, 0.3) is 0 Å². The summed E-state index contributed by atoms with van der Waals surface area (Å²) in [4.78, 5) is 26.0. The maximum absolute atomic E-state index is 12.2. The topological polar surface area (TPSA) is 49.4 Å². The van der Waals surface area contributed by atoms with Crippen molar-refractivity contribution in [3.05, 3.63) is 0 Å². The van der Waals surface area contributed by atoms with Gasteiger partial charge in [0.05, 0.1) is 12.1 Å². The minimum absolute atomic E-state index is 0.0501. The summed E-state index contributed by atoms with van der Waals surface area (Å²) in [5.74, 6) is 0.232. The number of carbonyl (C=O) groups is 2. The van der Waals surface area contributed by atoms with Crippen molar-refractivity contribution < 1.29 is 9.59 Å². The third-order valence-corrected chi connectivity index (χ3v) is 4.00. The molecule has 1 heterocycles. The lowest BCUT2D eigenvalue weighted by Crippen LogP contribution is -2.54. The van der Waals surface area contributed by atoms with E-state index in [0.29, 0.717) is 0 Å². The Morgan fingerprint density at radius 3 is 2.58 bits per heavy atom. The highest BCUT2D eigenvalue weighted by Crippen LogP contribution is 2.20. The Hall–Kier alpha value is -0.900.